The molecule has 1 aliphatic rings. The minimum atomic E-state index is -0.907. The Bertz CT molecular complexity index is 499. The maximum Gasteiger partial charge on any atom is 0.307 e. The lowest BCUT2D eigenvalue weighted by molar-refractivity contribution is -0.140. The van der Waals surface area contributed by atoms with Crippen LogP contribution in [0.2, 0.25) is 0 Å². The Hall–Kier alpha value is -1.91. The molecule has 0 spiro atoms. The van der Waals surface area contributed by atoms with Crippen molar-refractivity contribution in [3.8, 4) is 0 Å². The third-order valence-corrected chi connectivity index (χ3v) is 3.87. The zero-order chi connectivity index (χ0) is 14.2. The molecule has 1 fully saturated rings. The zero-order valence-electron chi connectivity index (χ0n) is 11.3. The van der Waals surface area contributed by atoms with E-state index >= 15 is 0 Å². The molecule has 1 aromatic heterocycles. The first kappa shape index (κ1) is 13.5. The maximum atomic E-state index is 12.1. The number of carboxylic acids is 1. The van der Waals surface area contributed by atoms with Gasteiger partial charge >= 0.3 is 5.97 Å². The van der Waals surface area contributed by atoms with Crippen molar-refractivity contribution >= 4 is 11.9 Å². The summed E-state index contributed by atoms with van der Waals surface area (Å²) in [6.07, 6.45) is 1.67. The van der Waals surface area contributed by atoms with Gasteiger partial charge in [-0.25, -0.2) is 0 Å². The molecule has 1 aliphatic carbocycles. The van der Waals surface area contributed by atoms with Gasteiger partial charge < -0.3 is 10.4 Å². The van der Waals surface area contributed by atoms with Gasteiger partial charge in [0.2, 0.25) is 5.91 Å². The predicted molar refractivity (Wildman–Crippen MR) is 69.2 cm³/mol. The molecule has 1 aromatic rings. The average molecular weight is 262 g/mol. The molecule has 5 nitrogen and oxygen atoms in total. The normalized spacial score (nSPS) is 25.4. The van der Waals surface area contributed by atoms with Crippen LogP contribution in [0.1, 0.15) is 32.5 Å². The zero-order valence-corrected chi connectivity index (χ0v) is 11.3. The minimum absolute atomic E-state index is 0.212. The summed E-state index contributed by atoms with van der Waals surface area (Å²) >= 11 is 0. The van der Waals surface area contributed by atoms with E-state index in [4.69, 9.17) is 5.11 Å². The van der Waals surface area contributed by atoms with E-state index in [2.05, 4.69) is 10.3 Å². The van der Waals surface area contributed by atoms with E-state index in [1.807, 2.05) is 39.0 Å². The van der Waals surface area contributed by atoms with Crippen LogP contribution in [0.4, 0.5) is 0 Å². The number of hydrogen-bond acceptors (Lipinski definition) is 3. The number of pyridine rings is 1. The van der Waals surface area contributed by atoms with E-state index < -0.39 is 23.2 Å². The molecule has 3 atom stereocenters. The second kappa shape index (κ2) is 4.64. The Morgan fingerprint density at radius 3 is 2.53 bits per heavy atom. The number of aliphatic carboxylic acids is 1. The fourth-order valence-electron chi connectivity index (χ4n) is 2.60. The monoisotopic (exact) mass is 262 g/mol. The Balaban J connectivity index is 2.02. The quantitative estimate of drug-likeness (QED) is 0.864. The molecule has 1 heterocycles. The summed E-state index contributed by atoms with van der Waals surface area (Å²) in [5.41, 5.74) is 0.293. The first-order chi connectivity index (χ1) is 8.85. The van der Waals surface area contributed by atoms with Crippen molar-refractivity contribution in [1.29, 1.82) is 0 Å². The largest absolute Gasteiger partial charge is 0.481 e. The van der Waals surface area contributed by atoms with Crippen LogP contribution in [0, 0.1) is 17.3 Å². The highest BCUT2D eigenvalue weighted by Gasteiger charge is 2.65. The lowest BCUT2D eigenvalue weighted by atomic mass is 10.1. The fourth-order valence-corrected chi connectivity index (χ4v) is 2.60. The second-order valence-electron chi connectivity index (χ2n) is 5.60. The van der Waals surface area contributed by atoms with Crippen LogP contribution in [-0.2, 0) is 9.59 Å². The van der Waals surface area contributed by atoms with Gasteiger partial charge in [0.25, 0.3) is 0 Å². The van der Waals surface area contributed by atoms with Crippen molar-refractivity contribution in [2.45, 2.75) is 26.8 Å². The summed E-state index contributed by atoms with van der Waals surface area (Å²) in [5, 5.41) is 11.9. The lowest BCUT2D eigenvalue weighted by Crippen LogP contribution is -2.30. The minimum Gasteiger partial charge on any atom is -0.481 e. The van der Waals surface area contributed by atoms with Crippen molar-refractivity contribution in [3.05, 3.63) is 30.1 Å². The number of nitrogens with one attached hydrogen (secondary N) is 1. The number of nitrogens with zero attached hydrogens (tertiary/aromatic N) is 1. The molecule has 0 aliphatic heterocycles. The van der Waals surface area contributed by atoms with E-state index in [-0.39, 0.29) is 11.9 Å². The molecule has 0 radical (unpaired) electrons. The Morgan fingerprint density at radius 2 is 2.05 bits per heavy atom. The average Bonchev–Trinajstić information content (AvgIpc) is 2.93. The highest BCUT2D eigenvalue weighted by molar-refractivity contribution is 5.91. The van der Waals surface area contributed by atoms with Gasteiger partial charge in [-0.05, 0) is 24.5 Å². The molecule has 1 saturated carbocycles. The molecule has 2 rings (SSSR count). The van der Waals surface area contributed by atoms with Crippen LogP contribution in [-0.4, -0.2) is 22.0 Å². The summed E-state index contributed by atoms with van der Waals surface area (Å²) in [4.78, 5) is 27.3. The molecular weight excluding hydrogens is 244 g/mol. The van der Waals surface area contributed by atoms with Crippen LogP contribution in [0.5, 0.6) is 0 Å². The third kappa shape index (κ3) is 2.45. The van der Waals surface area contributed by atoms with Gasteiger partial charge in [0, 0.05) is 6.20 Å². The number of rotatable bonds is 4. The number of amides is 1. The van der Waals surface area contributed by atoms with Gasteiger partial charge in [0.05, 0.1) is 23.6 Å². The van der Waals surface area contributed by atoms with Crippen LogP contribution in [0.15, 0.2) is 24.4 Å². The first-order valence-electron chi connectivity index (χ1n) is 6.30. The van der Waals surface area contributed by atoms with Gasteiger partial charge in [-0.3, -0.25) is 14.6 Å². The van der Waals surface area contributed by atoms with Crippen molar-refractivity contribution in [2.75, 3.05) is 0 Å². The fraction of sp³-hybridized carbons (Fsp3) is 0.500. The standard InChI is InChI=1S/C14H18N2O3/c1-8(9-6-4-5-7-15-9)16-12(17)10-11(13(18)19)14(10,2)3/h4-8,10-11H,1-3H3,(H,16,17)(H,18,19)/t8-,10?,11?/m1/s1. The molecule has 0 aromatic carbocycles. The Kier molecular flexibility index (Phi) is 3.30. The van der Waals surface area contributed by atoms with Crippen LogP contribution in [0.3, 0.4) is 0 Å². The molecule has 2 N–H and O–H groups in total. The first-order valence-corrected chi connectivity index (χ1v) is 6.30. The maximum absolute atomic E-state index is 12.1. The molecule has 1 amide bonds. The van der Waals surface area contributed by atoms with Gasteiger partial charge in [0.1, 0.15) is 0 Å². The van der Waals surface area contributed by atoms with E-state index in [1.54, 1.807) is 6.20 Å². The van der Waals surface area contributed by atoms with E-state index in [0.29, 0.717) is 0 Å². The lowest BCUT2D eigenvalue weighted by Gasteiger charge is -2.13. The van der Waals surface area contributed by atoms with Crippen LogP contribution in [0.25, 0.3) is 0 Å². The summed E-state index contributed by atoms with van der Waals surface area (Å²) in [6, 6.07) is 5.27. The van der Waals surface area contributed by atoms with Crippen LogP contribution < -0.4 is 5.32 Å². The van der Waals surface area contributed by atoms with Gasteiger partial charge in [-0.15, -0.1) is 0 Å². The van der Waals surface area contributed by atoms with Crippen LogP contribution >= 0.6 is 0 Å². The van der Waals surface area contributed by atoms with Crippen molar-refractivity contribution in [3.63, 3.8) is 0 Å². The van der Waals surface area contributed by atoms with Gasteiger partial charge in [-0.2, -0.15) is 0 Å². The number of aromatic nitrogens is 1. The Morgan fingerprint density at radius 1 is 1.37 bits per heavy atom. The molecule has 102 valence electrons. The topological polar surface area (TPSA) is 79.3 Å². The highest BCUT2D eigenvalue weighted by Crippen LogP contribution is 2.58. The van der Waals surface area contributed by atoms with Crippen molar-refractivity contribution < 1.29 is 14.7 Å². The number of carbonyl (C=O) groups is 2. The molecule has 0 bridgehead atoms. The second-order valence-corrected chi connectivity index (χ2v) is 5.60. The smallest absolute Gasteiger partial charge is 0.307 e. The number of hydrogen-bond donors (Lipinski definition) is 2. The molecule has 19 heavy (non-hydrogen) atoms. The highest BCUT2D eigenvalue weighted by atomic mass is 16.4. The molecule has 0 saturated heterocycles. The van der Waals surface area contributed by atoms with Gasteiger partial charge in [0.15, 0.2) is 0 Å². The third-order valence-electron chi connectivity index (χ3n) is 3.87. The van der Waals surface area contributed by atoms with E-state index in [9.17, 15) is 9.59 Å². The van der Waals surface area contributed by atoms with E-state index in [0.717, 1.165) is 5.69 Å². The van der Waals surface area contributed by atoms with Gasteiger partial charge in [-0.1, -0.05) is 19.9 Å². The number of carbonyl (C=O) groups excluding carboxylic acids is 1. The predicted octanol–water partition coefficient (Wildman–Crippen LogP) is 1.62. The summed E-state index contributed by atoms with van der Waals surface area (Å²) < 4.78 is 0. The van der Waals surface area contributed by atoms with Crippen molar-refractivity contribution in [1.82, 2.24) is 10.3 Å². The summed E-state index contributed by atoms with van der Waals surface area (Å²) in [7, 11) is 0. The molecular formula is C14H18N2O3. The molecule has 5 heteroatoms. The van der Waals surface area contributed by atoms with Crippen molar-refractivity contribution in [2.24, 2.45) is 17.3 Å². The van der Waals surface area contributed by atoms with E-state index in [1.165, 1.54) is 0 Å². The SMILES string of the molecule is C[C@@H](NC(=O)C1C(C(=O)O)C1(C)C)c1ccccn1. The number of carboxylic acid groups (broad SMARTS) is 1. The summed E-state index contributed by atoms with van der Waals surface area (Å²) in [5.74, 6) is -2.18. The summed E-state index contributed by atoms with van der Waals surface area (Å²) in [6.45, 7) is 5.45. The molecule has 2 unspecified atom stereocenters. The Labute approximate surface area is 112 Å².